The van der Waals surface area contributed by atoms with Crippen molar-refractivity contribution in [3.8, 4) is 0 Å². The van der Waals surface area contributed by atoms with E-state index in [4.69, 9.17) is 0 Å². The standard InChI is InChI=1S/C13H18O2/c1-4-7-10-8-5-6-9-11(10)12(14)13(2,3)15/h5-6,8-9,15H,4,7H2,1-3H3. The van der Waals surface area contributed by atoms with Crippen molar-refractivity contribution < 1.29 is 9.90 Å². The van der Waals surface area contributed by atoms with Crippen LogP contribution in [0.3, 0.4) is 0 Å². The molecule has 0 atom stereocenters. The van der Waals surface area contributed by atoms with Crippen LogP contribution in [0.1, 0.15) is 43.1 Å². The van der Waals surface area contributed by atoms with Gasteiger partial charge >= 0.3 is 0 Å². The summed E-state index contributed by atoms with van der Waals surface area (Å²) in [6.45, 7) is 5.13. The van der Waals surface area contributed by atoms with Crippen molar-refractivity contribution in [1.82, 2.24) is 0 Å². The second kappa shape index (κ2) is 4.58. The van der Waals surface area contributed by atoms with E-state index in [2.05, 4.69) is 6.92 Å². The minimum Gasteiger partial charge on any atom is -0.382 e. The van der Waals surface area contributed by atoms with Crippen molar-refractivity contribution in [2.24, 2.45) is 0 Å². The van der Waals surface area contributed by atoms with Crippen LogP contribution in [-0.2, 0) is 6.42 Å². The predicted molar refractivity (Wildman–Crippen MR) is 61.1 cm³/mol. The number of ketones is 1. The minimum atomic E-state index is -1.29. The highest BCUT2D eigenvalue weighted by Gasteiger charge is 2.26. The summed E-state index contributed by atoms with van der Waals surface area (Å²) in [6.07, 6.45) is 1.87. The average Bonchev–Trinajstić information content (AvgIpc) is 2.17. The Labute approximate surface area is 90.9 Å². The van der Waals surface area contributed by atoms with E-state index in [0.29, 0.717) is 5.56 Å². The Kier molecular flexibility index (Phi) is 3.64. The van der Waals surface area contributed by atoms with Gasteiger partial charge in [0.05, 0.1) is 0 Å². The van der Waals surface area contributed by atoms with Gasteiger partial charge in [0.2, 0.25) is 0 Å². The van der Waals surface area contributed by atoms with E-state index < -0.39 is 5.60 Å². The Morgan fingerprint density at radius 3 is 2.47 bits per heavy atom. The molecule has 1 rings (SSSR count). The first-order valence-corrected chi connectivity index (χ1v) is 5.32. The summed E-state index contributed by atoms with van der Waals surface area (Å²) < 4.78 is 0. The normalized spacial score (nSPS) is 11.5. The molecule has 1 aromatic carbocycles. The van der Waals surface area contributed by atoms with Crippen molar-refractivity contribution in [2.75, 3.05) is 0 Å². The van der Waals surface area contributed by atoms with Gasteiger partial charge in [-0.1, -0.05) is 37.6 Å². The van der Waals surface area contributed by atoms with Crippen molar-refractivity contribution in [2.45, 2.75) is 39.2 Å². The molecule has 2 heteroatoms. The van der Waals surface area contributed by atoms with Crippen LogP contribution in [0.4, 0.5) is 0 Å². The first kappa shape index (κ1) is 11.9. The lowest BCUT2D eigenvalue weighted by Gasteiger charge is -2.17. The van der Waals surface area contributed by atoms with Crippen molar-refractivity contribution >= 4 is 5.78 Å². The molecule has 0 unspecified atom stereocenters. The summed E-state index contributed by atoms with van der Waals surface area (Å²) >= 11 is 0. The van der Waals surface area contributed by atoms with E-state index in [1.54, 1.807) is 6.07 Å². The van der Waals surface area contributed by atoms with Crippen molar-refractivity contribution in [1.29, 1.82) is 0 Å². The summed E-state index contributed by atoms with van der Waals surface area (Å²) in [5.74, 6) is -0.202. The second-order valence-corrected chi connectivity index (χ2v) is 4.30. The molecule has 0 aromatic heterocycles. The predicted octanol–water partition coefficient (Wildman–Crippen LogP) is 2.59. The second-order valence-electron chi connectivity index (χ2n) is 4.30. The number of hydrogen-bond acceptors (Lipinski definition) is 2. The van der Waals surface area contributed by atoms with Gasteiger partial charge < -0.3 is 5.11 Å². The van der Waals surface area contributed by atoms with Gasteiger partial charge in [-0.3, -0.25) is 4.79 Å². The SMILES string of the molecule is CCCc1ccccc1C(=O)C(C)(C)O. The molecule has 1 N–H and O–H groups in total. The first-order chi connectivity index (χ1) is 6.96. The number of aryl methyl sites for hydroxylation is 1. The van der Waals surface area contributed by atoms with Gasteiger partial charge in [-0.15, -0.1) is 0 Å². The van der Waals surface area contributed by atoms with Crippen molar-refractivity contribution in [3.63, 3.8) is 0 Å². The highest BCUT2D eigenvalue weighted by Crippen LogP contribution is 2.17. The molecule has 0 radical (unpaired) electrons. The van der Waals surface area contributed by atoms with Crippen LogP contribution in [0, 0.1) is 0 Å². The van der Waals surface area contributed by atoms with E-state index >= 15 is 0 Å². The zero-order valence-corrected chi connectivity index (χ0v) is 9.58. The third kappa shape index (κ3) is 2.90. The summed E-state index contributed by atoms with van der Waals surface area (Å²) in [5, 5.41) is 9.68. The lowest BCUT2D eigenvalue weighted by atomic mass is 9.92. The Bertz CT molecular complexity index is 348. The molecule has 0 amide bonds. The van der Waals surface area contributed by atoms with Crippen LogP contribution in [0.25, 0.3) is 0 Å². The van der Waals surface area contributed by atoms with Crippen LogP contribution in [0.15, 0.2) is 24.3 Å². The van der Waals surface area contributed by atoms with E-state index in [0.717, 1.165) is 18.4 Å². The maximum atomic E-state index is 11.9. The van der Waals surface area contributed by atoms with E-state index in [1.807, 2.05) is 18.2 Å². The quantitative estimate of drug-likeness (QED) is 0.769. The number of carbonyl (C=O) groups is 1. The number of Topliss-reactive ketones (excluding diaryl/α,β-unsaturated/α-hetero) is 1. The fourth-order valence-corrected chi connectivity index (χ4v) is 1.56. The molecule has 0 aliphatic rings. The molecular formula is C13H18O2. The topological polar surface area (TPSA) is 37.3 Å². The Morgan fingerprint density at radius 1 is 1.33 bits per heavy atom. The smallest absolute Gasteiger partial charge is 0.194 e. The molecule has 0 saturated heterocycles. The summed E-state index contributed by atoms with van der Waals surface area (Å²) in [5.41, 5.74) is 0.378. The molecule has 0 fully saturated rings. The van der Waals surface area contributed by atoms with E-state index in [1.165, 1.54) is 13.8 Å². The number of hydrogen-bond donors (Lipinski definition) is 1. The molecule has 82 valence electrons. The lowest BCUT2D eigenvalue weighted by Crippen LogP contribution is -2.31. The summed E-state index contributed by atoms with van der Waals surface area (Å²) in [7, 11) is 0. The Morgan fingerprint density at radius 2 is 1.93 bits per heavy atom. The third-order valence-electron chi connectivity index (χ3n) is 2.34. The van der Waals surface area contributed by atoms with Crippen LogP contribution >= 0.6 is 0 Å². The van der Waals surface area contributed by atoms with Gasteiger partial charge in [-0.05, 0) is 25.8 Å². The Balaban J connectivity index is 3.08. The number of aliphatic hydroxyl groups is 1. The lowest BCUT2D eigenvalue weighted by molar-refractivity contribution is 0.0487. The number of benzene rings is 1. The molecule has 0 bridgehead atoms. The fraction of sp³-hybridized carbons (Fsp3) is 0.462. The van der Waals surface area contributed by atoms with Gasteiger partial charge in [0.1, 0.15) is 5.60 Å². The molecule has 0 saturated carbocycles. The maximum absolute atomic E-state index is 11.9. The summed E-state index contributed by atoms with van der Waals surface area (Å²) in [4.78, 5) is 11.9. The van der Waals surface area contributed by atoms with Crippen LogP contribution < -0.4 is 0 Å². The summed E-state index contributed by atoms with van der Waals surface area (Å²) in [6, 6.07) is 7.48. The molecule has 2 nitrogen and oxygen atoms in total. The highest BCUT2D eigenvalue weighted by atomic mass is 16.3. The zero-order valence-electron chi connectivity index (χ0n) is 9.58. The number of carbonyl (C=O) groups excluding carboxylic acids is 1. The largest absolute Gasteiger partial charge is 0.382 e. The number of rotatable bonds is 4. The van der Waals surface area contributed by atoms with Crippen LogP contribution in [0.2, 0.25) is 0 Å². The van der Waals surface area contributed by atoms with Gasteiger partial charge in [0, 0.05) is 5.56 Å². The minimum absolute atomic E-state index is 0.202. The van der Waals surface area contributed by atoms with Gasteiger partial charge in [-0.2, -0.15) is 0 Å². The van der Waals surface area contributed by atoms with Gasteiger partial charge in [0.25, 0.3) is 0 Å². The van der Waals surface area contributed by atoms with Crippen LogP contribution in [0.5, 0.6) is 0 Å². The molecule has 0 aliphatic carbocycles. The molecule has 0 heterocycles. The third-order valence-corrected chi connectivity index (χ3v) is 2.34. The molecule has 15 heavy (non-hydrogen) atoms. The molecule has 1 aromatic rings. The van der Waals surface area contributed by atoms with E-state index in [9.17, 15) is 9.90 Å². The van der Waals surface area contributed by atoms with Gasteiger partial charge in [-0.25, -0.2) is 0 Å². The highest BCUT2D eigenvalue weighted by molar-refractivity contribution is 6.02. The maximum Gasteiger partial charge on any atom is 0.194 e. The first-order valence-electron chi connectivity index (χ1n) is 5.32. The molecule has 0 aliphatic heterocycles. The molecule has 0 spiro atoms. The van der Waals surface area contributed by atoms with Crippen LogP contribution in [-0.4, -0.2) is 16.5 Å². The zero-order chi connectivity index (χ0) is 11.5. The van der Waals surface area contributed by atoms with E-state index in [-0.39, 0.29) is 5.78 Å². The van der Waals surface area contributed by atoms with Gasteiger partial charge in [0.15, 0.2) is 5.78 Å². The molecular weight excluding hydrogens is 188 g/mol. The fourth-order valence-electron chi connectivity index (χ4n) is 1.56. The average molecular weight is 206 g/mol. The van der Waals surface area contributed by atoms with Crippen molar-refractivity contribution in [3.05, 3.63) is 35.4 Å². The monoisotopic (exact) mass is 206 g/mol. The Hall–Kier alpha value is -1.15.